The molecule has 0 aliphatic carbocycles. The van der Waals surface area contributed by atoms with Crippen LogP contribution in [-0.4, -0.2) is 18.0 Å². The first-order valence-corrected chi connectivity index (χ1v) is 7.84. The molecule has 1 N–H and O–H groups in total. The molecule has 0 saturated heterocycles. The van der Waals surface area contributed by atoms with Crippen LogP contribution in [0.3, 0.4) is 0 Å². The maximum atomic E-state index is 12.3. The fourth-order valence-corrected chi connectivity index (χ4v) is 3.32. The van der Waals surface area contributed by atoms with Gasteiger partial charge in [0.25, 0.3) is 5.70 Å². The van der Waals surface area contributed by atoms with Crippen molar-refractivity contribution >= 4 is 16.7 Å². The number of nitrogens with one attached hydrogen (secondary N) is 1. The monoisotopic (exact) mass is 338 g/mol. The van der Waals surface area contributed by atoms with Crippen LogP contribution in [0, 0.1) is 10.1 Å². The molecule has 0 spiro atoms. The predicted molar refractivity (Wildman–Crippen MR) is 94.2 cm³/mol. The highest BCUT2D eigenvalue weighted by molar-refractivity contribution is 5.93. The molecule has 0 aromatic heterocycles. The molecule has 0 saturated carbocycles. The minimum Gasteiger partial charge on any atom is -0.466 e. The molecule has 2 aromatic rings. The normalized spacial score (nSPS) is 17.5. The number of fused-ring (bicyclic) bond motifs is 1. The van der Waals surface area contributed by atoms with E-state index in [1.807, 2.05) is 42.5 Å². The van der Waals surface area contributed by atoms with E-state index in [0.717, 1.165) is 10.8 Å². The summed E-state index contributed by atoms with van der Waals surface area (Å²) in [5, 5.41) is 16.6. The molecule has 0 fully saturated rings. The highest BCUT2D eigenvalue weighted by Crippen LogP contribution is 2.39. The zero-order chi connectivity index (χ0) is 18.1. The first-order chi connectivity index (χ1) is 11.9. The van der Waals surface area contributed by atoms with E-state index in [2.05, 4.69) is 5.32 Å². The van der Waals surface area contributed by atoms with Gasteiger partial charge in [0.2, 0.25) is 0 Å². The summed E-state index contributed by atoms with van der Waals surface area (Å²) in [5.74, 6) is -1.36. The summed E-state index contributed by atoms with van der Waals surface area (Å²) >= 11 is 0. The molecule has 1 aliphatic rings. The van der Waals surface area contributed by atoms with Crippen molar-refractivity contribution in [1.82, 2.24) is 5.32 Å². The van der Waals surface area contributed by atoms with Gasteiger partial charge >= 0.3 is 5.97 Å². The van der Waals surface area contributed by atoms with Crippen LogP contribution in [-0.2, 0) is 9.53 Å². The van der Waals surface area contributed by atoms with Gasteiger partial charge in [0, 0.05) is 5.70 Å². The van der Waals surface area contributed by atoms with Crippen molar-refractivity contribution in [3.8, 4) is 0 Å². The van der Waals surface area contributed by atoms with Gasteiger partial charge in [-0.1, -0.05) is 36.4 Å². The number of benzene rings is 2. The van der Waals surface area contributed by atoms with Crippen molar-refractivity contribution in [2.24, 2.45) is 0 Å². The van der Waals surface area contributed by atoms with E-state index in [-0.39, 0.29) is 11.3 Å². The Morgan fingerprint density at radius 1 is 1.12 bits per heavy atom. The number of hydrogen-bond donors (Lipinski definition) is 1. The fraction of sp³-hybridized carbons (Fsp3) is 0.211. The first kappa shape index (κ1) is 16.7. The van der Waals surface area contributed by atoms with E-state index in [9.17, 15) is 14.9 Å². The summed E-state index contributed by atoms with van der Waals surface area (Å²) < 4.78 is 4.88. The Morgan fingerprint density at radius 2 is 1.80 bits per heavy atom. The van der Waals surface area contributed by atoms with E-state index < -0.39 is 16.8 Å². The van der Waals surface area contributed by atoms with Crippen LogP contribution in [0.1, 0.15) is 25.3 Å². The minimum absolute atomic E-state index is 0.0405. The Bertz CT molecular complexity index is 943. The third kappa shape index (κ3) is 2.87. The summed E-state index contributed by atoms with van der Waals surface area (Å²) in [5.41, 5.74) is 1.89. The molecule has 1 atom stereocenters. The van der Waals surface area contributed by atoms with Gasteiger partial charge in [-0.3, -0.25) is 10.1 Å². The molecule has 1 unspecified atom stereocenters. The Hall–Kier alpha value is -3.15. The van der Waals surface area contributed by atoms with Crippen molar-refractivity contribution in [3.63, 3.8) is 0 Å². The lowest BCUT2D eigenvalue weighted by Crippen LogP contribution is -2.31. The quantitative estimate of drug-likeness (QED) is 0.526. The fourth-order valence-electron chi connectivity index (χ4n) is 3.32. The SMILES string of the molecule is COC(=O)C1=C(C)NC(C)=C([N+](=O)[O-])C1c1ccc2ccccc2c1. The second-order valence-corrected chi connectivity index (χ2v) is 5.96. The molecular weight excluding hydrogens is 320 g/mol. The molecule has 1 heterocycles. The Balaban J connectivity index is 2.25. The van der Waals surface area contributed by atoms with Crippen molar-refractivity contribution in [2.75, 3.05) is 7.11 Å². The number of dihydropyridines is 1. The molecule has 0 amide bonds. The van der Waals surface area contributed by atoms with Gasteiger partial charge in [-0.2, -0.15) is 0 Å². The van der Waals surface area contributed by atoms with Crippen molar-refractivity contribution < 1.29 is 14.5 Å². The van der Waals surface area contributed by atoms with Gasteiger partial charge < -0.3 is 10.1 Å². The third-order valence-corrected chi connectivity index (χ3v) is 4.43. The smallest absolute Gasteiger partial charge is 0.336 e. The second-order valence-electron chi connectivity index (χ2n) is 5.96. The van der Waals surface area contributed by atoms with Crippen LogP contribution < -0.4 is 5.32 Å². The zero-order valence-electron chi connectivity index (χ0n) is 14.2. The number of carbonyl (C=O) groups excluding carboxylic acids is 1. The number of esters is 1. The van der Waals surface area contributed by atoms with E-state index in [1.165, 1.54) is 7.11 Å². The molecule has 0 bridgehead atoms. The van der Waals surface area contributed by atoms with Gasteiger partial charge in [0.05, 0.1) is 23.3 Å². The van der Waals surface area contributed by atoms with Gasteiger partial charge in [-0.05, 0) is 36.2 Å². The number of ether oxygens (including phenoxy) is 1. The van der Waals surface area contributed by atoms with E-state index in [1.54, 1.807) is 13.8 Å². The van der Waals surface area contributed by atoms with Crippen LogP contribution >= 0.6 is 0 Å². The van der Waals surface area contributed by atoms with Gasteiger partial charge in [-0.25, -0.2) is 4.79 Å². The highest BCUT2D eigenvalue weighted by atomic mass is 16.6. The predicted octanol–water partition coefficient (Wildman–Crippen LogP) is 3.48. The van der Waals surface area contributed by atoms with E-state index >= 15 is 0 Å². The van der Waals surface area contributed by atoms with Crippen LogP contribution in [0.4, 0.5) is 0 Å². The van der Waals surface area contributed by atoms with Crippen molar-refractivity contribution in [3.05, 3.63) is 80.8 Å². The molecule has 6 heteroatoms. The summed E-state index contributed by atoms with van der Waals surface area (Å²) in [6, 6.07) is 13.4. The number of allylic oxidation sites excluding steroid dienone is 3. The number of rotatable bonds is 3. The largest absolute Gasteiger partial charge is 0.466 e. The number of nitro groups is 1. The van der Waals surface area contributed by atoms with Gasteiger partial charge in [0.1, 0.15) is 5.92 Å². The zero-order valence-corrected chi connectivity index (χ0v) is 14.2. The lowest BCUT2D eigenvalue weighted by Gasteiger charge is -2.26. The summed E-state index contributed by atoms with van der Waals surface area (Å²) in [7, 11) is 1.27. The molecule has 0 radical (unpaired) electrons. The first-order valence-electron chi connectivity index (χ1n) is 7.84. The molecular formula is C19H18N2O4. The van der Waals surface area contributed by atoms with Crippen LogP contribution in [0.15, 0.2) is 65.1 Å². The molecule has 2 aromatic carbocycles. The molecule has 128 valence electrons. The van der Waals surface area contributed by atoms with Gasteiger partial charge in [-0.15, -0.1) is 0 Å². The molecule has 1 aliphatic heterocycles. The third-order valence-electron chi connectivity index (χ3n) is 4.43. The van der Waals surface area contributed by atoms with Crippen molar-refractivity contribution in [1.29, 1.82) is 0 Å². The summed E-state index contributed by atoms with van der Waals surface area (Å²) in [6.07, 6.45) is 0. The minimum atomic E-state index is -0.784. The highest BCUT2D eigenvalue weighted by Gasteiger charge is 2.40. The average Bonchev–Trinajstić information content (AvgIpc) is 2.59. The van der Waals surface area contributed by atoms with E-state index in [4.69, 9.17) is 4.74 Å². The van der Waals surface area contributed by atoms with Crippen LogP contribution in [0.5, 0.6) is 0 Å². The number of methoxy groups -OCH3 is 1. The molecule has 3 rings (SSSR count). The number of nitrogens with zero attached hydrogens (tertiary/aromatic N) is 1. The van der Waals surface area contributed by atoms with Crippen LogP contribution in [0.25, 0.3) is 10.8 Å². The van der Waals surface area contributed by atoms with Gasteiger partial charge in [0.15, 0.2) is 0 Å². The molecule has 6 nitrogen and oxygen atoms in total. The maximum Gasteiger partial charge on any atom is 0.336 e. The van der Waals surface area contributed by atoms with Crippen LogP contribution in [0.2, 0.25) is 0 Å². The molecule has 25 heavy (non-hydrogen) atoms. The topological polar surface area (TPSA) is 81.5 Å². The standard InChI is InChI=1S/C19H18N2O4/c1-11-16(19(22)25-3)17(18(21(23)24)12(2)20-11)15-9-8-13-6-4-5-7-14(13)10-15/h4-10,17,20H,1-3H3. The Morgan fingerprint density at radius 3 is 2.44 bits per heavy atom. The Kier molecular flexibility index (Phi) is 4.27. The summed E-state index contributed by atoms with van der Waals surface area (Å²) in [6.45, 7) is 3.37. The van der Waals surface area contributed by atoms with E-state index in [0.29, 0.717) is 17.0 Å². The number of carbonyl (C=O) groups is 1. The second kappa shape index (κ2) is 6.39. The maximum absolute atomic E-state index is 12.3. The lowest BCUT2D eigenvalue weighted by molar-refractivity contribution is -0.431. The number of hydrogen-bond acceptors (Lipinski definition) is 5. The average molecular weight is 338 g/mol. The van der Waals surface area contributed by atoms with Crippen molar-refractivity contribution in [2.45, 2.75) is 19.8 Å². The Labute approximate surface area is 144 Å². The lowest BCUT2D eigenvalue weighted by atomic mass is 9.83. The summed E-state index contributed by atoms with van der Waals surface area (Å²) in [4.78, 5) is 23.6.